The maximum absolute atomic E-state index is 13.6. The summed E-state index contributed by atoms with van der Waals surface area (Å²) in [6.45, 7) is 0. The lowest BCUT2D eigenvalue weighted by Crippen LogP contribution is -2.22. The molecule has 1 aromatic rings. The molecule has 1 N–H and O–H groups in total. The van der Waals surface area contributed by atoms with Crippen molar-refractivity contribution in [1.82, 2.24) is 0 Å². The molecular weight excluding hydrogens is 195 g/mol. The van der Waals surface area contributed by atoms with E-state index in [1.807, 2.05) is 0 Å². The van der Waals surface area contributed by atoms with Crippen molar-refractivity contribution in [2.45, 2.75) is 31.3 Å². The van der Waals surface area contributed by atoms with Gasteiger partial charge in [-0.3, -0.25) is 0 Å². The SMILES string of the molecule is COc1ccc(F)c(C2(O)CCCC2)c1. The molecule has 0 bridgehead atoms. The molecule has 0 amide bonds. The minimum atomic E-state index is -0.987. The van der Waals surface area contributed by atoms with Crippen LogP contribution in [0, 0.1) is 5.82 Å². The Balaban J connectivity index is 2.41. The number of aliphatic hydroxyl groups is 1. The predicted octanol–water partition coefficient (Wildman–Crippen LogP) is 2.60. The topological polar surface area (TPSA) is 29.5 Å². The highest BCUT2D eigenvalue weighted by Crippen LogP contribution is 2.40. The Bertz CT molecular complexity index is 357. The van der Waals surface area contributed by atoms with Crippen molar-refractivity contribution in [3.8, 4) is 5.75 Å². The second-order valence-corrected chi connectivity index (χ2v) is 4.08. The van der Waals surface area contributed by atoms with Crippen molar-refractivity contribution in [3.63, 3.8) is 0 Å². The molecule has 0 heterocycles. The largest absolute Gasteiger partial charge is 0.497 e. The molecule has 1 aliphatic rings. The third kappa shape index (κ3) is 1.84. The van der Waals surface area contributed by atoms with E-state index in [0.29, 0.717) is 24.2 Å². The van der Waals surface area contributed by atoms with E-state index in [1.54, 1.807) is 12.1 Å². The Morgan fingerprint density at radius 3 is 2.60 bits per heavy atom. The summed E-state index contributed by atoms with van der Waals surface area (Å²) >= 11 is 0. The summed E-state index contributed by atoms with van der Waals surface area (Å²) in [6.07, 6.45) is 3.18. The van der Waals surface area contributed by atoms with Gasteiger partial charge in [0, 0.05) is 5.56 Å². The zero-order valence-corrected chi connectivity index (χ0v) is 8.79. The summed E-state index contributed by atoms with van der Waals surface area (Å²) in [6, 6.07) is 4.52. The van der Waals surface area contributed by atoms with Crippen LogP contribution in [-0.2, 0) is 5.60 Å². The standard InChI is InChI=1S/C12H15FO2/c1-15-9-4-5-11(13)10(8-9)12(14)6-2-3-7-12/h4-5,8,14H,2-3,6-7H2,1H3. The van der Waals surface area contributed by atoms with Gasteiger partial charge in [-0.15, -0.1) is 0 Å². The third-order valence-corrected chi connectivity index (χ3v) is 3.11. The smallest absolute Gasteiger partial charge is 0.129 e. The molecule has 0 unspecified atom stereocenters. The van der Waals surface area contributed by atoms with Gasteiger partial charge in [0.2, 0.25) is 0 Å². The lowest BCUT2D eigenvalue weighted by molar-refractivity contribution is 0.0405. The van der Waals surface area contributed by atoms with Crippen LogP contribution in [0.1, 0.15) is 31.2 Å². The van der Waals surface area contributed by atoms with Crippen LogP contribution in [-0.4, -0.2) is 12.2 Å². The molecule has 2 rings (SSSR count). The maximum Gasteiger partial charge on any atom is 0.129 e. The Kier molecular flexibility index (Phi) is 2.65. The molecule has 1 fully saturated rings. The highest BCUT2D eigenvalue weighted by atomic mass is 19.1. The van der Waals surface area contributed by atoms with Gasteiger partial charge in [0.1, 0.15) is 11.6 Å². The molecule has 1 saturated carbocycles. The zero-order chi connectivity index (χ0) is 10.9. The quantitative estimate of drug-likeness (QED) is 0.813. The monoisotopic (exact) mass is 210 g/mol. The molecule has 1 aromatic carbocycles. The summed E-state index contributed by atoms with van der Waals surface area (Å²) in [5, 5.41) is 10.3. The molecule has 3 heteroatoms. The lowest BCUT2D eigenvalue weighted by atomic mass is 9.91. The van der Waals surface area contributed by atoms with Crippen LogP contribution in [0.5, 0.6) is 5.75 Å². The van der Waals surface area contributed by atoms with Crippen molar-refractivity contribution in [2.24, 2.45) is 0 Å². The summed E-state index contributed by atoms with van der Waals surface area (Å²) in [4.78, 5) is 0. The molecule has 0 atom stereocenters. The van der Waals surface area contributed by atoms with Crippen molar-refractivity contribution < 1.29 is 14.2 Å². The van der Waals surface area contributed by atoms with Gasteiger partial charge in [0.25, 0.3) is 0 Å². The van der Waals surface area contributed by atoms with Crippen molar-refractivity contribution in [3.05, 3.63) is 29.6 Å². The zero-order valence-electron chi connectivity index (χ0n) is 8.79. The minimum Gasteiger partial charge on any atom is -0.497 e. The molecular formula is C12H15FO2. The first kappa shape index (κ1) is 10.4. The number of benzene rings is 1. The fourth-order valence-corrected chi connectivity index (χ4v) is 2.22. The van der Waals surface area contributed by atoms with Gasteiger partial charge < -0.3 is 9.84 Å². The fraction of sp³-hybridized carbons (Fsp3) is 0.500. The van der Waals surface area contributed by atoms with E-state index < -0.39 is 5.60 Å². The highest BCUT2D eigenvalue weighted by Gasteiger charge is 2.35. The Labute approximate surface area is 88.7 Å². The Morgan fingerprint density at radius 1 is 1.33 bits per heavy atom. The van der Waals surface area contributed by atoms with Crippen molar-refractivity contribution in [2.75, 3.05) is 7.11 Å². The Morgan fingerprint density at radius 2 is 2.00 bits per heavy atom. The van der Waals surface area contributed by atoms with Gasteiger partial charge in [-0.2, -0.15) is 0 Å². The van der Waals surface area contributed by atoms with E-state index in [4.69, 9.17) is 4.74 Å². The molecule has 82 valence electrons. The van der Waals surface area contributed by atoms with E-state index in [2.05, 4.69) is 0 Å². The first-order valence-corrected chi connectivity index (χ1v) is 5.22. The summed E-state index contributed by atoms with van der Waals surface area (Å²) in [5.41, 5.74) is -0.613. The molecule has 2 nitrogen and oxygen atoms in total. The van der Waals surface area contributed by atoms with Gasteiger partial charge in [0.05, 0.1) is 12.7 Å². The molecule has 15 heavy (non-hydrogen) atoms. The van der Waals surface area contributed by atoms with Gasteiger partial charge in [-0.1, -0.05) is 12.8 Å². The van der Waals surface area contributed by atoms with Gasteiger partial charge in [-0.05, 0) is 31.0 Å². The van der Waals surface area contributed by atoms with E-state index >= 15 is 0 Å². The van der Waals surface area contributed by atoms with Gasteiger partial charge >= 0.3 is 0 Å². The van der Waals surface area contributed by atoms with Crippen LogP contribution in [0.4, 0.5) is 4.39 Å². The van der Waals surface area contributed by atoms with Crippen molar-refractivity contribution in [1.29, 1.82) is 0 Å². The number of rotatable bonds is 2. The molecule has 1 aliphatic carbocycles. The van der Waals surface area contributed by atoms with Crippen LogP contribution < -0.4 is 4.74 Å². The third-order valence-electron chi connectivity index (χ3n) is 3.11. The average Bonchev–Trinajstić information content (AvgIpc) is 2.67. The second kappa shape index (κ2) is 3.81. The number of hydrogen-bond donors (Lipinski definition) is 1. The first-order chi connectivity index (χ1) is 7.15. The summed E-state index contributed by atoms with van der Waals surface area (Å²) in [5.74, 6) is 0.243. The summed E-state index contributed by atoms with van der Waals surface area (Å²) < 4.78 is 18.6. The van der Waals surface area contributed by atoms with Crippen LogP contribution in [0.25, 0.3) is 0 Å². The predicted molar refractivity (Wildman–Crippen MR) is 55.3 cm³/mol. The molecule has 0 spiro atoms. The number of halogens is 1. The number of hydrogen-bond acceptors (Lipinski definition) is 2. The second-order valence-electron chi connectivity index (χ2n) is 4.08. The van der Waals surface area contributed by atoms with E-state index in [1.165, 1.54) is 13.2 Å². The fourth-order valence-electron chi connectivity index (χ4n) is 2.22. The molecule has 0 saturated heterocycles. The molecule has 0 aliphatic heterocycles. The normalized spacial score (nSPS) is 19.1. The van der Waals surface area contributed by atoms with Gasteiger partial charge in [-0.25, -0.2) is 4.39 Å². The van der Waals surface area contributed by atoms with Crippen molar-refractivity contribution >= 4 is 0 Å². The summed E-state index contributed by atoms with van der Waals surface area (Å²) in [7, 11) is 1.54. The van der Waals surface area contributed by atoms with E-state index in [-0.39, 0.29) is 5.82 Å². The van der Waals surface area contributed by atoms with E-state index in [9.17, 15) is 9.50 Å². The van der Waals surface area contributed by atoms with E-state index in [0.717, 1.165) is 12.8 Å². The Hall–Kier alpha value is -1.09. The van der Waals surface area contributed by atoms with Gasteiger partial charge in [0.15, 0.2) is 0 Å². The number of ether oxygens (including phenoxy) is 1. The maximum atomic E-state index is 13.6. The number of methoxy groups -OCH3 is 1. The lowest BCUT2D eigenvalue weighted by Gasteiger charge is -2.23. The minimum absolute atomic E-state index is 0.347. The van der Waals surface area contributed by atoms with Crippen LogP contribution in [0.2, 0.25) is 0 Å². The average molecular weight is 210 g/mol. The first-order valence-electron chi connectivity index (χ1n) is 5.22. The van der Waals surface area contributed by atoms with Crippen LogP contribution in [0.15, 0.2) is 18.2 Å². The van der Waals surface area contributed by atoms with Crippen LogP contribution >= 0.6 is 0 Å². The molecule has 0 radical (unpaired) electrons. The van der Waals surface area contributed by atoms with Crippen LogP contribution in [0.3, 0.4) is 0 Å². The highest BCUT2D eigenvalue weighted by molar-refractivity contribution is 5.34. The molecule has 0 aromatic heterocycles.